The number of piperidine rings is 1. The Morgan fingerprint density at radius 2 is 1.84 bits per heavy atom. The van der Waals surface area contributed by atoms with E-state index in [9.17, 15) is 14.4 Å². The van der Waals surface area contributed by atoms with Crippen LogP contribution in [0, 0.1) is 16.7 Å². The minimum absolute atomic E-state index is 0.0707. The Morgan fingerprint density at radius 1 is 1.13 bits per heavy atom. The molecule has 5 rings (SSSR count). The third-order valence-corrected chi connectivity index (χ3v) is 8.38. The summed E-state index contributed by atoms with van der Waals surface area (Å²) in [5.74, 6) is -1.44. The van der Waals surface area contributed by atoms with Crippen molar-refractivity contribution in [1.29, 1.82) is 0 Å². The second-order valence-corrected chi connectivity index (χ2v) is 11.0. The lowest BCUT2D eigenvalue weighted by molar-refractivity contribution is -0.148. The van der Waals surface area contributed by atoms with Crippen LogP contribution in [0.2, 0.25) is 0 Å². The van der Waals surface area contributed by atoms with Gasteiger partial charge in [-0.15, -0.1) is 0 Å². The first kappa shape index (κ1) is 25.7. The van der Waals surface area contributed by atoms with Crippen molar-refractivity contribution in [3.05, 3.63) is 71.9 Å². The van der Waals surface area contributed by atoms with Gasteiger partial charge in [0.25, 0.3) is 5.91 Å². The second kappa shape index (κ2) is 9.74. The number of H-pyrrole nitrogens is 1. The van der Waals surface area contributed by atoms with E-state index in [0.717, 1.165) is 27.7 Å². The van der Waals surface area contributed by atoms with Crippen LogP contribution in [0.4, 0.5) is 0 Å². The van der Waals surface area contributed by atoms with E-state index in [4.69, 9.17) is 5.73 Å². The molecule has 8 nitrogen and oxygen atoms in total. The number of nitrogens with one attached hydrogen (secondary N) is 1. The van der Waals surface area contributed by atoms with Gasteiger partial charge in [0, 0.05) is 43.2 Å². The minimum atomic E-state index is -1.09. The molecule has 3 aromatic rings. The number of amides is 3. The highest BCUT2D eigenvalue weighted by molar-refractivity contribution is 6.13. The molecule has 2 unspecified atom stereocenters. The monoisotopic (exact) mass is 513 g/mol. The highest BCUT2D eigenvalue weighted by Gasteiger charge is 2.55. The first-order valence-corrected chi connectivity index (χ1v) is 13.2. The van der Waals surface area contributed by atoms with E-state index >= 15 is 0 Å². The lowest BCUT2D eigenvalue weighted by Crippen LogP contribution is -2.58. The number of likely N-dealkylation sites (tertiary alicyclic amines) is 1. The van der Waals surface area contributed by atoms with Gasteiger partial charge in [0.05, 0.1) is 17.0 Å². The molecular formula is C30H35N5O3. The molecule has 1 fully saturated rings. The van der Waals surface area contributed by atoms with Gasteiger partial charge in [-0.3, -0.25) is 14.4 Å². The molecule has 3 amide bonds. The summed E-state index contributed by atoms with van der Waals surface area (Å²) in [4.78, 5) is 45.7. The highest BCUT2D eigenvalue weighted by Crippen LogP contribution is 2.41. The Kier molecular flexibility index (Phi) is 6.59. The SMILES string of the molecule is CCN1N=C2CCN(C(=O)C(Cc3c[nH]c4ccccc34)C(C)(C)C(N)=O)CC2(Cc2ccccc2)C1=O. The molecule has 2 atom stereocenters. The average Bonchev–Trinajstić information content (AvgIpc) is 3.45. The van der Waals surface area contributed by atoms with E-state index in [1.165, 1.54) is 5.01 Å². The average molecular weight is 514 g/mol. The Morgan fingerprint density at radius 3 is 2.55 bits per heavy atom. The number of fused-ring (bicyclic) bond motifs is 2. The Labute approximate surface area is 222 Å². The summed E-state index contributed by atoms with van der Waals surface area (Å²) in [6, 6.07) is 17.8. The summed E-state index contributed by atoms with van der Waals surface area (Å²) in [6.45, 7) is 6.54. The summed E-state index contributed by atoms with van der Waals surface area (Å²) in [5.41, 5.74) is 7.64. The predicted octanol–water partition coefficient (Wildman–Crippen LogP) is 3.52. The highest BCUT2D eigenvalue weighted by atomic mass is 16.2. The van der Waals surface area contributed by atoms with Crippen molar-refractivity contribution in [2.75, 3.05) is 19.6 Å². The maximum absolute atomic E-state index is 14.3. The van der Waals surface area contributed by atoms with Crippen molar-refractivity contribution in [3.63, 3.8) is 0 Å². The van der Waals surface area contributed by atoms with Gasteiger partial charge in [-0.05, 0) is 37.0 Å². The van der Waals surface area contributed by atoms with Crippen LogP contribution in [0.5, 0.6) is 0 Å². The number of aromatic nitrogens is 1. The number of hydrogen-bond acceptors (Lipinski definition) is 4. The predicted molar refractivity (Wildman–Crippen MR) is 147 cm³/mol. The number of nitrogens with two attached hydrogens (primary N) is 1. The van der Waals surface area contributed by atoms with Gasteiger partial charge in [0.15, 0.2) is 0 Å². The number of para-hydroxylation sites is 1. The molecule has 0 aliphatic carbocycles. The van der Waals surface area contributed by atoms with Crippen molar-refractivity contribution in [2.45, 2.75) is 40.0 Å². The van der Waals surface area contributed by atoms with Gasteiger partial charge >= 0.3 is 0 Å². The summed E-state index contributed by atoms with van der Waals surface area (Å²) >= 11 is 0. The first-order valence-electron chi connectivity index (χ1n) is 13.2. The van der Waals surface area contributed by atoms with Crippen LogP contribution in [0.1, 0.15) is 38.3 Å². The molecule has 198 valence electrons. The van der Waals surface area contributed by atoms with E-state index in [2.05, 4.69) is 10.1 Å². The Hall–Kier alpha value is -3.94. The van der Waals surface area contributed by atoms with Crippen LogP contribution in [-0.2, 0) is 27.2 Å². The van der Waals surface area contributed by atoms with Crippen LogP contribution < -0.4 is 5.73 Å². The zero-order valence-corrected chi connectivity index (χ0v) is 22.2. The van der Waals surface area contributed by atoms with Crippen LogP contribution in [0.3, 0.4) is 0 Å². The molecule has 3 N–H and O–H groups in total. The quantitative estimate of drug-likeness (QED) is 0.481. The van der Waals surface area contributed by atoms with E-state index in [1.807, 2.05) is 67.7 Å². The number of hydrogen-bond donors (Lipinski definition) is 2. The number of rotatable bonds is 8. The molecule has 0 radical (unpaired) electrons. The molecular weight excluding hydrogens is 478 g/mol. The number of benzene rings is 2. The van der Waals surface area contributed by atoms with Gasteiger partial charge in [0.1, 0.15) is 5.41 Å². The fraction of sp³-hybridized carbons (Fsp3) is 0.400. The van der Waals surface area contributed by atoms with Crippen LogP contribution in [0.25, 0.3) is 10.9 Å². The number of nitrogens with zero attached hydrogens (tertiary/aromatic N) is 3. The van der Waals surface area contributed by atoms with Gasteiger partial charge in [-0.2, -0.15) is 5.10 Å². The van der Waals surface area contributed by atoms with Gasteiger partial charge < -0.3 is 15.6 Å². The number of primary amides is 1. The van der Waals surface area contributed by atoms with Gasteiger partial charge in [0.2, 0.25) is 11.8 Å². The normalized spacial score (nSPS) is 20.4. The van der Waals surface area contributed by atoms with Crippen molar-refractivity contribution >= 4 is 34.3 Å². The van der Waals surface area contributed by atoms with Crippen molar-refractivity contribution in [1.82, 2.24) is 14.9 Å². The summed E-state index contributed by atoms with van der Waals surface area (Å²) in [5, 5.41) is 7.22. The third kappa shape index (κ3) is 4.27. The fourth-order valence-corrected chi connectivity index (χ4v) is 5.90. The van der Waals surface area contributed by atoms with E-state index in [0.29, 0.717) is 32.4 Å². The minimum Gasteiger partial charge on any atom is -0.369 e. The maximum atomic E-state index is 14.3. The second-order valence-electron chi connectivity index (χ2n) is 11.0. The molecule has 38 heavy (non-hydrogen) atoms. The summed E-state index contributed by atoms with van der Waals surface area (Å²) < 4.78 is 0. The van der Waals surface area contributed by atoms with Gasteiger partial charge in [-0.1, -0.05) is 62.4 Å². The van der Waals surface area contributed by atoms with E-state index in [-0.39, 0.29) is 18.4 Å². The lowest BCUT2D eigenvalue weighted by atomic mass is 9.71. The van der Waals surface area contributed by atoms with Crippen LogP contribution in [-0.4, -0.2) is 58.0 Å². The zero-order chi connectivity index (χ0) is 27.1. The molecule has 0 spiro atoms. The van der Waals surface area contributed by atoms with Gasteiger partial charge in [-0.25, -0.2) is 5.01 Å². The van der Waals surface area contributed by atoms with Crippen molar-refractivity contribution < 1.29 is 14.4 Å². The largest absolute Gasteiger partial charge is 0.369 e. The molecule has 3 heterocycles. The van der Waals surface area contributed by atoms with E-state index in [1.54, 1.807) is 18.7 Å². The molecule has 0 bridgehead atoms. The van der Waals surface area contributed by atoms with E-state index < -0.39 is 22.7 Å². The standard InChI is InChI=1S/C30H35N5O3/c1-4-35-28(38)30(17-20-10-6-5-7-11-20)19-34(15-14-25(30)33-35)26(36)23(29(2,3)27(31)37)16-21-18-32-24-13-9-8-12-22(21)24/h5-13,18,23,32H,4,14-17,19H2,1-3H3,(H2,31,37). The van der Waals surface area contributed by atoms with Crippen LogP contribution >= 0.6 is 0 Å². The maximum Gasteiger partial charge on any atom is 0.256 e. The lowest BCUT2D eigenvalue weighted by Gasteiger charge is -2.42. The molecule has 2 aliphatic rings. The fourth-order valence-electron chi connectivity index (χ4n) is 5.90. The molecule has 0 saturated carbocycles. The zero-order valence-electron chi connectivity index (χ0n) is 22.2. The Bertz CT molecular complexity index is 1410. The third-order valence-electron chi connectivity index (χ3n) is 8.38. The molecule has 8 heteroatoms. The van der Waals surface area contributed by atoms with Crippen LogP contribution in [0.15, 0.2) is 65.9 Å². The molecule has 1 aromatic heterocycles. The number of carbonyl (C=O) groups is 3. The number of hydrazone groups is 1. The molecule has 2 aliphatic heterocycles. The Balaban J connectivity index is 1.50. The number of carbonyl (C=O) groups excluding carboxylic acids is 3. The summed E-state index contributed by atoms with van der Waals surface area (Å²) in [6.07, 6.45) is 3.24. The molecule has 2 aromatic carbocycles. The van der Waals surface area contributed by atoms with Crippen molar-refractivity contribution in [2.24, 2.45) is 27.6 Å². The smallest absolute Gasteiger partial charge is 0.256 e. The topological polar surface area (TPSA) is 112 Å². The number of aromatic amines is 1. The molecule has 1 saturated heterocycles. The van der Waals surface area contributed by atoms with Crippen molar-refractivity contribution in [3.8, 4) is 0 Å². The summed E-state index contributed by atoms with van der Waals surface area (Å²) in [7, 11) is 0. The first-order chi connectivity index (χ1) is 18.2.